The highest BCUT2D eigenvalue weighted by atomic mass is 32.2. The normalized spacial score (nSPS) is 11.0. The molecule has 3 rings (SSSR count). The molecule has 0 heterocycles. The van der Waals surface area contributed by atoms with Crippen LogP contribution in [0.4, 0.5) is 11.4 Å². The zero-order chi connectivity index (χ0) is 24.6. The van der Waals surface area contributed by atoms with E-state index in [2.05, 4.69) is 10.6 Å². The van der Waals surface area contributed by atoms with Gasteiger partial charge in [-0.2, -0.15) is 0 Å². The quantitative estimate of drug-likeness (QED) is 0.432. The monoisotopic (exact) mass is 483 g/mol. The Kier molecular flexibility index (Phi) is 8.50. The third-order valence-electron chi connectivity index (χ3n) is 5.16. The zero-order valence-corrected chi connectivity index (χ0v) is 20.3. The second kappa shape index (κ2) is 11.5. The first kappa shape index (κ1) is 25.1. The molecule has 2 N–H and O–H groups in total. The van der Waals surface area contributed by atoms with Crippen molar-refractivity contribution in [3.63, 3.8) is 0 Å². The fourth-order valence-electron chi connectivity index (χ4n) is 3.51. The molecular formula is C25H29N3O5S. The van der Waals surface area contributed by atoms with Gasteiger partial charge in [-0.05, 0) is 43.3 Å². The number of methoxy groups -OCH3 is 2. The molecule has 0 aliphatic heterocycles. The third kappa shape index (κ3) is 5.86. The van der Waals surface area contributed by atoms with Crippen molar-refractivity contribution in [2.24, 2.45) is 0 Å². The molecule has 8 nitrogen and oxygen atoms in total. The number of hydrogen-bond donors (Lipinski definition) is 2. The van der Waals surface area contributed by atoms with Crippen LogP contribution in [0.25, 0.3) is 0 Å². The van der Waals surface area contributed by atoms with Crippen molar-refractivity contribution in [1.82, 2.24) is 5.32 Å². The van der Waals surface area contributed by atoms with Crippen molar-refractivity contribution in [3.8, 4) is 11.5 Å². The predicted molar refractivity (Wildman–Crippen MR) is 133 cm³/mol. The summed E-state index contributed by atoms with van der Waals surface area (Å²) < 4.78 is 38.6. The lowest BCUT2D eigenvalue weighted by molar-refractivity contribution is -0.115. The second-order valence-electron chi connectivity index (χ2n) is 7.33. The Bertz CT molecular complexity index is 1220. The van der Waals surface area contributed by atoms with Crippen LogP contribution in [0.1, 0.15) is 12.5 Å². The number of anilines is 2. The number of hydrogen-bond acceptors (Lipinski definition) is 6. The molecule has 3 aromatic carbocycles. The summed E-state index contributed by atoms with van der Waals surface area (Å²) in [6, 6.07) is 20.8. The summed E-state index contributed by atoms with van der Waals surface area (Å²) in [6.45, 7) is 2.48. The number of nitrogens with one attached hydrogen (secondary N) is 2. The number of ether oxygens (including phenoxy) is 2. The van der Waals surface area contributed by atoms with E-state index in [9.17, 15) is 13.2 Å². The molecule has 1 amide bonds. The van der Waals surface area contributed by atoms with Crippen molar-refractivity contribution in [3.05, 3.63) is 78.4 Å². The van der Waals surface area contributed by atoms with E-state index in [1.165, 1.54) is 29.6 Å². The molecule has 0 aliphatic rings. The maximum atomic E-state index is 13.3. The number of nitrogens with zero attached hydrogens (tertiary/aromatic N) is 1. The largest absolute Gasteiger partial charge is 0.496 e. The van der Waals surface area contributed by atoms with E-state index in [-0.39, 0.29) is 29.6 Å². The molecule has 0 atom stereocenters. The highest BCUT2D eigenvalue weighted by Gasteiger charge is 2.25. The Hall–Kier alpha value is -3.56. The first-order chi connectivity index (χ1) is 16.4. The van der Waals surface area contributed by atoms with E-state index in [1.54, 1.807) is 38.3 Å². The van der Waals surface area contributed by atoms with E-state index in [0.29, 0.717) is 18.0 Å². The van der Waals surface area contributed by atoms with Gasteiger partial charge >= 0.3 is 0 Å². The van der Waals surface area contributed by atoms with Crippen LogP contribution >= 0.6 is 0 Å². The van der Waals surface area contributed by atoms with Gasteiger partial charge in [-0.3, -0.25) is 9.10 Å². The summed E-state index contributed by atoms with van der Waals surface area (Å²) in [6.07, 6.45) is 0. The molecule has 0 aliphatic carbocycles. The molecule has 0 radical (unpaired) electrons. The van der Waals surface area contributed by atoms with Crippen LogP contribution in [0.3, 0.4) is 0 Å². The van der Waals surface area contributed by atoms with E-state index in [4.69, 9.17) is 9.47 Å². The van der Waals surface area contributed by atoms with Gasteiger partial charge in [-0.15, -0.1) is 0 Å². The van der Waals surface area contributed by atoms with Gasteiger partial charge in [-0.1, -0.05) is 36.4 Å². The minimum absolute atomic E-state index is 0.0171. The summed E-state index contributed by atoms with van der Waals surface area (Å²) >= 11 is 0. The number of carbonyl (C=O) groups is 1. The first-order valence-corrected chi connectivity index (χ1v) is 12.2. The van der Waals surface area contributed by atoms with Crippen molar-refractivity contribution >= 4 is 27.3 Å². The van der Waals surface area contributed by atoms with Gasteiger partial charge in [-0.25, -0.2) is 8.42 Å². The van der Waals surface area contributed by atoms with Gasteiger partial charge in [0.2, 0.25) is 5.91 Å². The number of amides is 1. The molecule has 0 fully saturated rings. The lowest BCUT2D eigenvalue weighted by atomic mass is 10.2. The molecule has 0 aromatic heterocycles. The Morgan fingerprint density at radius 1 is 0.912 bits per heavy atom. The molecule has 0 unspecified atom stereocenters. The lowest BCUT2D eigenvalue weighted by Gasteiger charge is -2.23. The van der Waals surface area contributed by atoms with E-state index < -0.39 is 10.0 Å². The van der Waals surface area contributed by atoms with E-state index in [0.717, 1.165) is 11.3 Å². The summed E-state index contributed by atoms with van der Waals surface area (Å²) in [7, 11) is -0.798. The van der Waals surface area contributed by atoms with E-state index >= 15 is 0 Å². The molecular weight excluding hydrogens is 454 g/mol. The van der Waals surface area contributed by atoms with Gasteiger partial charge in [0.05, 0.1) is 37.0 Å². The maximum Gasteiger partial charge on any atom is 0.264 e. The number of para-hydroxylation sites is 2. The van der Waals surface area contributed by atoms with Crippen LogP contribution in [-0.2, 0) is 21.4 Å². The molecule has 0 bridgehead atoms. The standard InChI is InChI=1S/C25H29N3O5S/c1-4-28(20-11-6-5-7-12-20)34(30,31)21-14-15-24(33-3)22(16-21)27-25(29)18-26-17-19-10-8-9-13-23(19)32-2/h5-16,26H,4,17-18H2,1-3H3,(H,27,29). The number of benzene rings is 3. The maximum absolute atomic E-state index is 13.3. The van der Waals surface area contributed by atoms with Gasteiger partial charge in [0, 0.05) is 18.7 Å². The van der Waals surface area contributed by atoms with Gasteiger partial charge < -0.3 is 20.1 Å². The number of carbonyl (C=O) groups excluding carboxylic acids is 1. The Balaban J connectivity index is 1.75. The number of rotatable bonds is 11. The summed E-state index contributed by atoms with van der Waals surface area (Å²) in [5, 5.41) is 5.81. The minimum atomic E-state index is -3.85. The summed E-state index contributed by atoms with van der Waals surface area (Å²) in [5.41, 5.74) is 1.76. The minimum Gasteiger partial charge on any atom is -0.496 e. The highest BCUT2D eigenvalue weighted by molar-refractivity contribution is 7.92. The molecule has 34 heavy (non-hydrogen) atoms. The smallest absolute Gasteiger partial charge is 0.264 e. The van der Waals surface area contributed by atoms with Crippen LogP contribution < -0.4 is 24.4 Å². The van der Waals surface area contributed by atoms with Crippen molar-refractivity contribution in [2.75, 3.05) is 36.9 Å². The van der Waals surface area contributed by atoms with Gasteiger partial charge in [0.25, 0.3) is 10.0 Å². The van der Waals surface area contributed by atoms with Crippen LogP contribution in [-0.4, -0.2) is 41.6 Å². The average molecular weight is 484 g/mol. The topological polar surface area (TPSA) is 97.0 Å². The molecule has 3 aromatic rings. The fourth-order valence-corrected chi connectivity index (χ4v) is 5.01. The summed E-state index contributed by atoms with van der Waals surface area (Å²) in [4.78, 5) is 12.6. The van der Waals surface area contributed by atoms with Crippen LogP contribution in [0.2, 0.25) is 0 Å². The third-order valence-corrected chi connectivity index (χ3v) is 7.06. The zero-order valence-electron chi connectivity index (χ0n) is 19.4. The first-order valence-electron chi connectivity index (χ1n) is 10.8. The van der Waals surface area contributed by atoms with Crippen molar-refractivity contribution in [2.45, 2.75) is 18.4 Å². The Morgan fingerprint density at radius 2 is 1.59 bits per heavy atom. The predicted octanol–water partition coefficient (Wildman–Crippen LogP) is 3.65. The molecule has 0 spiro atoms. The molecule has 0 saturated carbocycles. The molecule has 9 heteroatoms. The Labute approximate surface area is 200 Å². The van der Waals surface area contributed by atoms with Gasteiger partial charge in [0.1, 0.15) is 11.5 Å². The molecule has 0 saturated heterocycles. The van der Waals surface area contributed by atoms with Crippen LogP contribution in [0.15, 0.2) is 77.7 Å². The highest BCUT2D eigenvalue weighted by Crippen LogP contribution is 2.30. The van der Waals surface area contributed by atoms with Gasteiger partial charge in [0.15, 0.2) is 0 Å². The molecule has 180 valence electrons. The Morgan fingerprint density at radius 3 is 2.26 bits per heavy atom. The van der Waals surface area contributed by atoms with Crippen LogP contribution in [0.5, 0.6) is 11.5 Å². The fraction of sp³-hybridized carbons (Fsp3) is 0.240. The van der Waals surface area contributed by atoms with Crippen molar-refractivity contribution < 1.29 is 22.7 Å². The van der Waals surface area contributed by atoms with Crippen LogP contribution in [0, 0.1) is 0 Å². The average Bonchev–Trinajstić information content (AvgIpc) is 2.85. The summed E-state index contributed by atoms with van der Waals surface area (Å²) in [5.74, 6) is 0.756. The van der Waals surface area contributed by atoms with Crippen molar-refractivity contribution in [1.29, 1.82) is 0 Å². The number of sulfonamides is 1. The van der Waals surface area contributed by atoms with E-state index in [1.807, 2.05) is 30.3 Å². The SMILES string of the molecule is CCN(c1ccccc1)S(=O)(=O)c1ccc(OC)c(NC(=O)CNCc2ccccc2OC)c1. The second-order valence-corrected chi connectivity index (χ2v) is 9.19. The lowest BCUT2D eigenvalue weighted by Crippen LogP contribution is -2.31.